The highest BCUT2D eigenvalue weighted by atomic mass is 35.5. The number of esters is 1. The fourth-order valence-electron chi connectivity index (χ4n) is 2.35. The molecule has 0 aliphatic carbocycles. The monoisotopic (exact) mass is 374 g/mol. The fourth-order valence-corrected chi connectivity index (χ4v) is 2.54. The van der Waals surface area contributed by atoms with E-state index in [0.717, 1.165) is 0 Å². The van der Waals surface area contributed by atoms with E-state index in [4.69, 9.17) is 11.6 Å². The molecule has 0 aliphatic rings. The van der Waals surface area contributed by atoms with Crippen LogP contribution in [0.2, 0.25) is 5.02 Å². The van der Waals surface area contributed by atoms with Crippen molar-refractivity contribution in [2.24, 2.45) is 0 Å². The lowest BCUT2D eigenvalue weighted by Gasteiger charge is -2.21. The van der Waals surface area contributed by atoms with Gasteiger partial charge >= 0.3 is 5.97 Å². The third kappa shape index (κ3) is 5.07. The van der Waals surface area contributed by atoms with E-state index in [1.54, 1.807) is 48.5 Å². The van der Waals surface area contributed by atoms with Crippen molar-refractivity contribution >= 4 is 40.8 Å². The van der Waals surface area contributed by atoms with Crippen molar-refractivity contribution in [3.63, 3.8) is 0 Å². The van der Waals surface area contributed by atoms with E-state index in [9.17, 15) is 14.4 Å². The van der Waals surface area contributed by atoms with E-state index in [1.165, 1.54) is 18.9 Å². The minimum absolute atomic E-state index is 0.101. The van der Waals surface area contributed by atoms with Crippen molar-refractivity contribution in [2.75, 3.05) is 23.9 Å². The third-order valence-electron chi connectivity index (χ3n) is 3.69. The van der Waals surface area contributed by atoms with Crippen molar-refractivity contribution in [2.45, 2.75) is 13.3 Å². The number of nitrogens with zero attached hydrogens (tertiary/aromatic N) is 1. The van der Waals surface area contributed by atoms with Gasteiger partial charge in [0, 0.05) is 25.6 Å². The predicted molar refractivity (Wildman–Crippen MR) is 101 cm³/mol. The number of amides is 2. The van der Waals surface area contributed by atoms with Crippen LogP contribution in [-0.2, 0) is 14.3 Å². The summed E-state index contributed by atoms with van der Waals surface area (Å²) < 4.78 is 4.65. The fraction of sp³-hybridized carbons (Fsp3) is 0.211. The van der Waals surface area contributed by atoms with E-state index in [1.807, 2.05) is 0 Å². The smallest absolute Gasteiger partial charge is 0.337 e. The molecule has 1 N–H and O–H groups in total. The molecule has 0 spiro atoms. The maximum absolute atomic E-state index is 12.1. The van der Waals surface area contributed by atoms with Crippen molar-refractivity contribution in [3.05, 3.63) is 59.1 Å². The number of benzene rings is 2. The molecule has 2 amide bonds. The molecular formula is C19H19ClN2O4. The summed E-state index contributed by atoms with van der Waals surface area (Å²) in [5.41, 5.74) is 1.50. The van der Waals surface area contributed by atoms with Crippen LogP contribution in [0.4, 0.5) is 11.4 Å². The van der Waals surface area contributed by atoms with E-state index in [0.29, 0.717) is 22.0 Å². The van der Waals surface area contributed by atoms with Gasteiger partial charge < -0.3 is 15.0 Å². The van der Waals surface area contributed by atoms with Gasteiger partial charge in [-0.2, -0.15) is 0 Å². The normalized spacial score (nSPS) is 10.1. The average Bonchev–Trinajstić information content (AvgIpc) is 2.63. The third-order valence-corrected chi connectivity index (χ3v) is 4.02. The SMILES string of the molecule is COC(=O)c1ccc(N(CCC(=O)Nc2ccccc2Cl)C(C)=O)cc1. The van der Waals surface area contributed by atoms with Crippen molar-refractivity contribution < 1.29 is 19.1 Å². The molecule has 0 bridgehead atoms. The van der Waals surface area contributed by atoms with Crippen LogP contribution in [0.1, 0.15) is 23.7 Å². The highest BCUT2D eigenvalue weighted by Crippen LogP contribution is 2.21. The molecule has 2 aromatic rings. The predicted octanol–water partition coefficient (Wildman–Crippen LogP) is 3.51. The first kappa shape index (κ1) is 19.5. The van der Waals surface area contributed by atoms with E-state index in [-0.39, 0.29) is 24.8 Å². The van der Waals surface area contributed by atoms with Crippen LogP contribution in [0.3, 0.4) is 0 Å². The Morgan fingerprint density at radius 2 is 1.73 bits per heavy atom. The number of halogens is 1. The lowest BCUT2D eigenvalue weighted by Crippen LogP contribution is -2.32. The number of ether oxygens (including phenoxy) is 1. The van der Waals surface area contributed by atoms with Gasteiger partial charge in [-0.05, 0) is 36.4 Å². The molecular weight excluding hydrogens is 356 g/mol. The van der Waals surface area contributed by atoms with Crippen LogP contribution in [-0.4, -0.2) is 31.4 Å². The second-order valence-corrected chi connectivity index (χ2v) is 5.89. The van der Waals surface area contributed by atoms with E-state index in [2.05, 4.69) is 10.1 Å². The molecule has 7 heteroatoms. The van der Waals surface area contributed by atoms with Crippen LogP contribution in [0, 0.1) is 0 Å². The number of carbonyl (C=O) groups excluding carboxylic acids is 3. The number of hydrogen-bond acceptors (Lipinski definition) is 4. The van der Waals surface area contributed by atoms with Gasteiger partial charge in [-0.3, -0.25) is 9.59 Å². The summed E-state index contributed by atoms with van der Waals surface area (Å²) in [5, 5.41) is 3.16. The minimum Gasteiger partial charge on any atom is -0.465 e. The molecule has 0 heterocycles. The number of rotatable bonds is 6. The second-order valence-electron chi connectivity index (χ2n) is 5.49. The standard InChI is InChI=1S/C19H19ClN2O4/c1-13(23)22(15-9-7-14(8-10-15)19(25)26-2)12-11-18(24)21-17-6-4-3-5-16(17)20/h3-10H,11-12H2,1-2H3,(H,21,24). The van der Waals surface area contributed by atoms with E-state index >= 15 is 0 Å². The molecule has 136 valence electrons. The largest absolute Gasteiger partial charge is 0.465 e. The summed E-state index contributed by atoms with van der Waals surface area (Å²) in [7, 11) is 1.30. The number of carbonyl (C=O) groups is 3. The maximum atomic E-state index is 12.1. The first-order valence-corrected chi connectivity index (χ1v) is 8.31. The van der Waals surface area contributed by atoms with Crippen LogP contribution in [0.25, 0.3) is 0 Å². The topological polar surface area (TPSA) is 75.7 Å². The second kappa shape index (κ2) is 9.01. The van der Waals surface area contributed by atoms with Gasteiger partial charge in [0.2, 0.25) is 11.8 Å². The van der Waals surface area contributed by atoms with Crippen LogP contribution in [0.15, 0.2) is 48.5 Å². The summed E-state index contributed by atoms with van der Waals surface area (Å²) in [6.45, 7) is 1.61. The first-order valence-electron chi connectivity index (χ1n) is 7.93. The van der Waals surface area contributed by atoms with Crippen molar-refractivity contribution in [1.29, 1.82) is 0 Å². The summed E-state index contributed by atoms with van der Waals surface area (Å²) in [5.74, 6) is -0.915. The number of nitrogens with one attached hydrogen (secondary N) is 1. The van der Waals surface area contributed by atoms with Gasteiger partial charge in [-0.15, -0.1) is 0 Å². The lowest BCUT2D eigenvalue weighted by atomic mass is 10.2. The molecule has 0 unspecified atom stereocenters. The molecule has 0 aliphatic heterocycles. The van der Waals surface area contributed by atoms with Gasteiger partial charge in [0.25, 0.3) is 0 Å². The molecule has 0 aromatic heterocycles. The summed E-state index contributed by atoms with van der Waals surface area (Å²) in [4.78, 5) is 37.0. The number of methoxy groups -OCH3 is 1. The Bertz CT molecular complexity index is 805. The van der Waals surface area contributed by atoms with Gasteiger partial charge in [0.1, 0.15) is 0 Å². The molecule has 0 radical (unpaired) electrons. The maximum Gasteiger partial charge on any atom is 0.337 e. The molecule has 0 saturated carbocycles. The molecule has 0 fully saturated rings. The Morgan fingerprint density at radius 1 is 1.08 bits per heavy atom. The van der Waals surface area contributed by atoms with Gasteiger partial charge in [-0.25, -0.2) is 4.79 Å². The van der Waals surface area contributed by atoms with Gasteiger partial charge in [0.15, 0.2) is 0 Å². The van der Waals surface area contributed by atoms with Gasteiger partial charge in [-0.1, -0.05) is 23.7 Å². The molecule has 2 rings (SSSR count). The first-order chi connectivity index (χ1) is 12.4. The molecule has 0 saturated heterocycles. The Hall–Kier alpha value is -2.86. The molecule has 26 heavy (non-hydrogen) atoms. The number of anilines is 2. The highest BCUT2D eigenvalue weighted by Gasteiger charge is 2.15. The van der Waals surface area contributed by atoms with Crippen LogP contribution < -0.4 is 10.2 Å². The molecule has 0 atom stereocenters. The Kier molecular flexibility index (Phi) is 6.74. The summed E-state index contributed by atoms with van der Waals surface area (Å²) in [6.07, 6.45) is 0.101. The molecule has 6 nitrogen and oxygen atoms in total. The quantitative estimate of drug-likeness (QED) is 0.785. The Labute approximate surface area is 156 Å². The Morgan fingerprint density at radius 3 is 2.31 bits per heavy atom. The summed E-state index contributed by atoms with van der Waals surface area (Å²) in [6, 6.07) is 13.3. The number of para-hydroxylation sites is 1. The zero-order valence-electron chi connectivity index (χ0n) is 14.5. The minimum atomic E-state index is -0.454. The summed E-state index contributed by atoms with van der Waals surface area (Å²) >= 11 is 6.01. The van der Waals surface area contributed by atoms with Crippen molar-refractivity contribution in [1.82, 2.24) is 0 Å². The lowest BCUT2D eigenvalue weighted by molar-refractivity contribution is -0.117. The zero-order chi connectivity index (χ0) is 19.1. The highest BCUT2D eigenvalue weighted by molar-refractivity contribution is 6.33. The molecule has 2 aromatic carbocycles. The van der Waals surface area contributed by atoms with Crippen molar-refractivity contribution in [3.8, 4) is 0 Å². The van der Waals surface area contributed by atoms with Crippen LogP contribution >= 0.6 is 11.6 Å². The van der Waals surface area contributed by atoms with Crippen LogP contribution in [0.5, 0.6) is 0 Å². The van der Waals surface area contributed by atoms with E-state index < -0.39 is 5.97 Å². The average molecular weight is 375 g/mol. The zero-order valence-corrected chi connectivity index (χ0v) is 15.2. The number of hydrogen-bond donors (Lipinski definition) is 1. The van der Waals surface area contributed by atoms with Gasteiger partial charge in [0.05, 0.1) is 23.4 Å². The Balaban J connectivity index is 2.02.